The van der Waals surface area contributed by atoms with E-state index >= 15 is 0 Å². The number of halogens is 1. The first-order valence-electron chi connectivity index (χ1n) is 5.42. The van der Waals surface area contributed by atoms with E-state index in [1.807, 2.05) is 39.8 Å². The number of aliphatic hydroxyl groups is 1. The van der Waals surface area contributed by atoms with Gasteiger partial charge in [0.25, 0.3) is 0 Å². The second-order valence-electron chi connectivity index (χ2n) is 5.02. The van der Waals surface area contributed by atoms with Crippen LogP contribution in [0.3, 0.4) is 0 Å². The number of rotatable bonds is 3. The second kappa shape index (κ2) is 5.07. The van der Waals surface area contributed by atoms with Gasteiger partial charge in [-0.25, -0.2) is 0 Å². The third-order valence-corrected chi connectivity index (χ3v) is 2.38. The van der Waals surface area contributed by atoms with Crippen LogP contribution in [0.15, 0.2) is 18.2 Å². The van der Waals surface area contributed by atoms with Crippen molar-refractivity contribution in [2.45, 2.75) is 39.2 Å². The summed E-state index contributed by atoms with van der Waals surface area (Å²) in [7, 11) is 0. The molecule has 0 fully saturated rings. The molecule has 0 heterocycles. The molecule has 0 aromatic heterocycles. The Balaban J connectivity index is 2.99. The SMILES string of the molecule is CC(CO)c1cc(Cl)cc(OC(C)(C)C)c1. The van der Waals surface area contributed by atoms with Gasteiger partial charge < -0.3 is 9.84 Å². The first-order chi connectivity index (χ1) is 7.31. The quantitative estimate of drug-likeness (QED) is 0.878. The maximum absolute atomic E-state index is 9.12. The van der Waals surface area contributed by atoms with E-state index in [-0.39, 0.29) is 18.1 Å². The van der Waals surface area contributed by atoms with Crippen LogP contribution in [0.4, 0.5) is 0 Å². The Hall–Kier alpha value is -0.730. The zero-order chi connectivity index (χ0) is 12.3. The van der Waals surface area contributed by atoms with Gasteiger partial charge >= 0.3 is 0 Å². The van der Waals surface area contributed by atoms with Crippen LogP contribution in [-0.4, -0.2) is 17.3 Å². The average Bonchev–Trinajstić information content (AvgIpc) is 2.12. The van der Waals surface area contributed by atoms with Gasteiger partial charge in [-0.15, -0.1) is 0 Å². The fourth-order valence-electron chi connectivity index (χ4n) is 1.39. The van der Waals surface area contributed by atoms with Crippen LogP contribution in [0, 0.1) is 0 Å². The molecule has 0 saturated heterocycles. The molecule has 0 bridgehead atoms. The summed E-state index contributed by atoms with van der Waals surface area (Å²) in [6.07, 6.45) is 0. The molecule has 1 atom stereocenters. The van der Waals surface area contributed by atoms with E-state index in [0.717, 1.165) is 11.3 Å². The molecule has 0 aliphatic carbocycles. The number of ether oxygens (including phenoxy) is 1. The number of hydrogen-bond acceptors (Lipinski definition) is 2. The van der Waals surface area contributed by atoms with Crippen LogP contribution in [-0.2, 0) is 0 Å². The van der Waals surface area contributed by atoms with Crippen LogP contribution in [0.2, 0.25) is 5.02 Å². The molecule has 1 N–H and O–H groups in total. The van der Waals surface area contributed by atoms with E-state index in [1.165, 1.54) is 0 Å². The molecule has 16 heavy (non-hydrogen) atoms. The highest BCUT2D eigenvalue weighted by molar-refractivity contribution is 6.30. The third-order valence-electron chi connectivity index (χ3n) is 2.16. The highest BCUT2D eigenvalue weighted by Gasteiger charge is 2.14. The summed E-state index contributed by atoms with van der Waals surface area (Å²) in [6, 6.07) is 5.58. The molecule has 1 rings (SSSR count). The van der Waals surface area contributed by atoms with Crippen LogP contribution in [0.25, 0.3) is 0 Å². The van der Waals surface area contributed by atoms with Crippen LogP contribution >= 0.6 is 11.6 Å². The van der Waals surface area contributed by atoms with Gasteiger partial charge in [0.15, 0.2) is 0 Å². The van der Waals surface area contributed by atoms with Crippen LogP contribution < -0.4 is 4.74 Å². The minimum Gasteiger partial charge on any atom is -0.488 e. The zero-order valence-corrected chi connectivity index (χ0v) is 11.0. The zero-order valence-electron chi connectivity index (χ0n) is 10.2. The van der Waals surface area contributed by atoms with Gasteiger partial charge in [-0.05, 0) is 44.5 Å². The van der Waals surface area contributed by atoms with Gasteiger partial charge in [-0.3, -0.25) is 0 Å². The van der Waals surface area contributed by atoms with Crippen molar-refractivity contribution in [3.63, 3.8) is 0 Å². The predicted octanol–water partition coefficient (Wildman–Crippen LogP) is 3.61. The van der Waals surface area contributed by atoms with E-state index in [2.05, 4.69) is 0 Å². The fraction of sp³-hybridized carbons (Fsp3) is 0.538. The van der Waals surface area contributed by atoms with E-state index in [0.29, 0.717) is 5.02 Å². The predicted molar refractivity (Wildman–Crippen MR) is 67.3 cm³/mol. The molecule has 90 valence electrons. The van der Waals surface area contributed by atoms with Crippen molar-refractivity contribution in [2.75, 3.05) is 6.61 Å². The minimum absolute atomic E-state index is 0.0704. The molecule has 3 heteroatoms. The summed E-state index contributed by atoms with van der Waals surface area (Å²) in [4.78, 5) is 0. The van der Waals surface area contributed by atoms with Gasteiger partial charge in [0.2, 0.25) is 0 Å². The largest absolute Gasteiger partial charge is 0.488 e. The Bertz CT molecular complexity index is 355. The molecular formula is C13H19ClO2. The van der Waals surface area contributed by atoms with E-state index < -0.39 is 0 Å². The molecule has 1 unspecified atom stereocenters. The molecule has 1 aromatic carbocycles. The lowest BCUT2D eigenvalue weighted by Crippen LogP contribution is -2.23. The summed E-state index contributed by atoms with van der Waals surface area (Å²) in [5, 5.41) is 9.75. The van der Waals surface area contributed by atoms with Gasteiger partial charge in [-0.1, -0.05) is 18.5 Å². The van der Waals surface area contributed by atoms with Crippen molar-refractivity contribution in [2.24, 2.45) is 0 Å². The van der Waals surface area contributed by atoms with Crippen molar-refractivity contribution in [3.8, 4) is 5.75 Å². The smallest absolute Gasteiger partial charge is 0.121 e. The topological polar surface area (TPSA) is 29.5 Å². The lowest BCUT2D eigenvalue weighted by molar-refractivity contribution is 0.130. The molecule has 0 amide bonds. The van der Waals surface area contributed by atoms with Gasteiger partial charge in [0.1, 0.15) is 11.4 Å². The summed E-state index contributed by atoms with van der Waals surface area (Å²) >= 11 is 6.02. The first kappa shape index (κ1) is 13.3. The number of aliphatic hydroxyl groups excluding tert-OH is 1. The summed E-state index contributed by atoms with van der Waals surface area (Å²) < 4.78 is 5.75. The lowest BCUT2D eigenvalue weighted by atomic mass is 10.0. The maximum atomic E-state index is 9.12. The van der Waals surface area contributed by atoms with Crippen molar-refractivity contribution in [1.29, 1.82) is 0 Å². The van der Waals surface area contributed by atoms with Gasteiger partial charge in [0.05, 0.1) is 0 Å². The standard InChI is InChI=1S/C13H19ClO2/c1-9(8-15)10-5-11(14)7-12(6-10)16-13(2,3)4/h5-7,9,15H,8H2,1-4H3. The lowest BCUT2D eigenvalue weighted by Gasteiger charge is -2.22. The molecule has 0 spiro atoms. The van der Waals surface area contributed by atoms with E-state index in [1.54, 1.807) is 6.07 Å². The minimum atomic E-state index is -0.246. The summed E-state index contributed by atoms with van der Waals surface area (Å²) in [6.45, 7) is 8.02. The first-order valence-corrected chi connectivity index (χ1v) is 5.80. The Morgan fingerprint density at radius 1 is 1.31 bits per heavy atom. The van der Waals surface area contributed by atoms with Crippen LogP contribution in [0.5, 0.6) is 5.75 Å². The highest BCUT2D eigenvalue weighted by atomic mass is 35.5. The Morgan fingerprint density at radius 3 is 2.44 bits per heavy atom. The Labute approximate surface area is 102 Å². The van der Waals surface area contributed by atoms with Crippen molar-refractivity contribution < 1.29 is 9.84 Å². The Kier molecular flexibility index (Phi) is 4.22. The van der Waals surface area contributed by atoms with Crippen LogP contribution in [0.1, 0.15) is 39.2 Å². The molecule has 0 radical (unpaired) electrons. The number of hydrogen-bond donors (Lipinski definition) is 1. The summed E-state index contributed by atoms with van der Waals surface area (Å²) in [5.41, 5.74) is 0.749. The molecule has 0 aliphatic heterocycles. The van der Waals surface area contributed by atoms with E-state index in [9.17, 15) is 0 Å². The second-order valence-corrected chi connectivity index (χ2v) is 5.45. The normalized spacial score (nSPS) is 13.6. The van der Waals surface area contributed by atoms with Crippen molar-refractivity contribution in [1.82, 2.24) is 0 Å². The van der Waals surface area contributed by atoms with Gasteiger partial charge in [0, 0.05) is 17.5 Å². The summed E-state index contributed by atoms with van der Waals surface area (Å²) in [5.74, 6) is 0.816. The maximum Gasteiger partial charge on any atom is 0.121 e. The molecule has 1 aromatic rings. The molecule has 0 aliphatic rings. The molecule has 2 nitrogen and oxygen atoms in total. The van der Waals surface area contributed by atoms with E-state index in [4.69, 9.17) is 21.4 Å². The molecular weight excluding hydrogens is 224 g/mol. The average molecular weight is 243 g/mol. The molecule has 0 saturated carbocycles. The highest BCUT2D eigenvalue weighted by Crippen LogP contribution is 2.28. The van der Waals surface area contributed by atoms with Crippen molar-refractivity contribution >= 4 is 11.6 Å². The van der Waals surface area contributed by atoms with Gasteiger partial charge in [-0.2, -0.15) is 0 Å². The number of benzene rings is 1. The fourth-order valence-corrected chi connectivity index (χ4v) is 1.62. The Morgan fingerprint density at radius 2 is 1.94 bits per heavy atom. The van der Waals surface area contributed by atoms with Crippen molar-refractivity contribution in [3.05, 3.63) is 28.8 Å². The monoisotopic (exact) mass is 242 g/mol. The third kappa shape index (κ3) is 4.03.